The molecule has 2 heterocycles. The lowest BCUT2D eigenvalue weighted by Crippen LogP contribution is -2.22. The normalized spacial score (nSPS) is 12.4. The number of amides is 1. The summed E-state index contributed by atoms with van der Waals surface area (Å²) in [5.74, 6) is -0.275. The zero-order valence-electron chi connectivity index (χ0n) is 16.6. The van der Waals surface area contributed by atoms with Gasteiger partial charge in [-0.25, -0.2) is 28.1 Å². The van der Waals surface area contributed by atoms with Crippen molar-refractivity contribution >= 4 is 62.0 Å². The van der Waals surface area contributed by atoms with Crippen molar-refractivity contribution < 1.29 is 13.2 Å². The first-order chi connectivity index (χ1) is 15.3. The third-order valence-electron chi connectivity index (χ3n) is 4.30. The predicted octanol–water partition coefficient (Wildman–Crippen LogP) is 3.93. The molecule has 2 aromatic carbocycles. The number of fused-ring (bicyclic) bond motifs is 1. The van der Waals surface area contributed by atoms with Crippen molar-refractivity contribution in [3.8, 4) is 0 Å². The van der Waals surface area contributed by atoms with Crippen molar-refractivity contribution in [1.82, 2.24) is 19.9 Å². The van der Waals surface area contributed by atoms with Crippen LogP contribution in [-0.2, 0) is 14.8 Å². The molecule has 0 saturated carbocycles. The van der Waals surface area contributed by atoms with E-state index in [1.54, 1.807) is 31.2 Å². The standard InChI is InChI=1S/C20H17ClN6O3S2/c1-12(31-20-25-16-8-3-13(21)11-17(16)26-20)18(28)24-14-4-6-15(7-5-14)32(29,30)27-19-22-9-2-10-23-19/h2-12H,1H3,(H,24,28)(H,25,26)(H,22,23,27)/t12-/m0/s1. The molecule has 0 aliphatic heterocycles. The van der Waals surface area contributed by atoms with Crippen LogP contribution in [0.2, 0.25) is 5.02 Å². The number of imidazole rings is 1. The van der Waals surface area contributed by atoms with Gasteiger partial charge in [-0.2, -0.15) is 0 Å². The van der Waals surface area contributed by atoms with Crippen molar-refractivity contribution in [3.63, 3.8) is 0 Å². The van der Waals surface area contributed by atoms with Gasteiger partial charge in [0.25, 0.3) is 10.0 Å². The smallest absolute Gasteiger partial charge is 0.264 e. The zero-order chi connectivity index (χ0) is 22.7. The van der Waals surface area contributed by atoms with Gasteiger partial charge in [-0.15, -0.1) is 0 Å². The highest BCUT2D eigenvalue weighted by molar-refractivity contribution is 8.00. The summed E-state index contributed by atoms with van der Waals surface area (Å²) in [4.78, 5) is 27.8. The summed E-state index contributed by atoms with van der Waals surface area (Å²) in [5.41, 5.74) is 2.02. The number of carbonyl (C=O) groups excluding carboxylic acids is 1. The van der Waals surface area contributed by atoms with Crippen LogP contribution in [0.5, 0.6) is 0 Å². The highest BCUT2D eigenvalue weighted by Gasteiger charge is 2.19. The Labute approximate surface area is 193 Å². The Kier molecular flexibility index (Phi) is 6.31. The number of aromatic amines is 1. The van der Waals surface area contributed by atoms with Crippen molar-refractivity contribution in [3.05, 3.63) is 65.9 Å². The Bertz CT molecular complexity index is 1360. The molecular formula is C20H17ClN6O3S2. The van der Waals surface area contributed by atoms with Gasteiger partial charge in [0.05, 0.1) is 21.2 Å². The lowest BCUT2D eigenvalue weighted by atomic mass is 10.3. The average Bonchev–Trinajstić information content (AvgIpc) is 3.15. The molecule has 0 radical (unpaired) electrons. The minimum Gasteiger partial charge on any atom is -0.333 e. The Morgan fingerprint density at radius 2 is 1.84 bits per heavy atom. The molecule has 2 aromatic heterocycles. The molecule has 9 nitrogen and oxygen atoms in total. The number of sulfonamides is 1. The predicted molar refractivity (Wildman–Crippen MR) is 124 cm³/mol. The Morgan fingerprint density at radius 1 is 1.12 bits per heavy atom. The topological polar surface area (TPSA) is 130 Å². The van der Waals surface area contributed by atoms with Crippen molar-refractivity contribution in [1.29, 1.82) is 0 Å². The van der Waals surface area contributed by atoms with Crippen LogP contribution in [0.4, 0.5) is 11.6 Å². The largest absolute Gasteiger partial charge is 0.333 e. The second kappa shape index (κ2) is 9.15. The lowest BCUT2D eigenvalue weighted by molar-refractivity contribution is -0.115. The summed E-state index contributed by atoms with van der Waals surface area (Å²) in [6.07, 6.45) is 2.87. The van der Waals surface area contributed by atoms with E-state index < -0.39 is 15.3 Å². The maximum atomic E-state index is 12.6. The first-order valence-corrected chi connectivity index (χ1v) is 12.1. The highest BCUT2D eigenvalue weighted by atomic mass is 35.5. The summed E-state index contributed by atoms with van der Waals surface area (Å²) in [6.45, 7) is 1.75. The van der Waals surface area contributed by atoms with E-state index in [0.717, 1.165) is 11.0 Å². The fraction of sp³-hybridized carbons (Fsp3) is 0.100. The van der Waals surface area contributed by atoms with E-state index in [4.69, 9.17) is 11.6 Å². The molecule has 0 fully saturated rings. The van der Waals surface area contributed by atoms with Gasteiger partial charge in [-0.3, -0.25) is 4.79 Å². The van der Waals surface area contributed by atoms with Gasteiger partial charge in [-0.05, 0) is 55.5 Å². The molecule has 4 aromatic rings. The molecule has 32 heavy (non-hydrogen) atoms. The summed E-state index contributed by atoms with van der Waals surface area (Å²) >= 11 is 7.26. The summed E-state index contributed by atoms with van der Waals surface area (Å²) < 4.78 is 27.2. The first-order valence-electron chi connectivity index (χ1n) is 9.33. The first kappa shape index (κ1) is 22.1. The molecule has 0 bridgehead atoms. The molecular weight excluding hydrogens is 472 g/mol. The van der Waals surface area contributed by atoms with Gasteiger partial charge in [0.1, 0.15) is 0 Å². The second-order valence-corrected chi connectivity index (χ2v) is 10.1. The Balaban J connectivity index is 1.39. The van der Waals surface area contributed by atoms with Crippen LogP contribution < -0.4 is 10.0 Å². The molecule has 0 saturated heterocycles. The fourth-order valence-electron chi connectivity index (χ4n) is 2.73. The van der Waals surface area contributed by atoms with Gasteiger partial charge in [0, 0.05) is 23.1 Å². The number of benzene rings is 2. The van der Waals surface area contributed by atoms with Crippen LogP contribution in [0.15, 0.2) is 71.0 Å². The maximum absolute atomic E-state index is 12.6. The number of anilines is 2. The molecule has 0 spiro atoms. The summed E-state index contributed by atoms with van der Waals surface area (Å²) in [6, 6.07) is 12.7. The Hall–Kier alpha value is -3.15. The van der Waals surface area contributed by atoms with Gasteiger partial charge in [-0.1, -0.05) is 23.4 Å². The van der Waals surface area contributed by atoms with Crippen LogP contribution in [-0.4, -0.2) is 39.5 Å². The number of hydrogen-bond acceptors (Lipinski definition) is 7. The monoisotopic (exact) mass is 488 g/mol. The molecule has 0 aliphatic carbocycles. The SMILES string of the molecule is C[C@H](Sc1nc2ccc(Cl)cc2[nH]1)C(=O)Nc1ccc(S(=O)(=O)Nc2ncccn2)cc1. The van der Waals surface area contributed by atoms with Crippen molar-refractivity contribution in [2.45, 2.75) is 22.2 Å². The molecule has 164 valence electrons. The van der Waals surface area contributed by atoms with Gasteiger partial charge in [0.2, 0.25) is 11.9 Å². The molecule has 3 N–H and O–H groups in total. The van der Waals surface area contributed by atoms with Crippen LogP contribution in [0.25, 0.3) is 11.0 Å². The quantitative estimate of drug-likeness (QED) is 0.336. The number of nitrogens with zero attached hydrogens (tertiary/aromatic N) is 3. The van der Waals surface area contributed by atoms with Crippen LogP contribution in [0.1, 0.15) is 6.92 Å². The number of aromatic nitrogens is 4. The molecule has 0 aliphatic rings. The number of H-pyrrole nitrogens is 1. The van der Waals surface area contributed by atoms with Crippen LogP contribution in [0.3, 0.4) is 0 Å². The minimum absolute atomic E-state index is 0.0197. The number of carbonyl (C=O) groups is 1. The van der Waals surface area contributed by atoms with Gasteiger partial charge in [0.15, 0.2) is 5.16 Å². The summed E-state index contributed by atoms with van der Waals surface area (Å²) in [7, 11) is -3.85. The molecule has 0 unspecified atom stereocenters. The average molecular weight is 489 g/mol. The third kappa shape index (κ3) is 5.18. The van der Waals surface area contributed by atoms with Crippen molar-refractivity contribution in [2.24, 2.45) is 0 Å². The van der Waals surface area contributed by atoms with Gasteiger partial charge >= 0.3 is 0 Å². The summed E-state index contributed by atoms with van der Waals surface area (Å²) in [5, 5.41) is 3.51. The van der Waals surface area contributed by atoms with Gasteiger partial charge < -0.3 is 10.3 Å². The number of hydrogen-bond donors (Lipinski definition) is 3. The number of nitrogens with one attached hydrogen (secondary N) is 3. The molecule has 1 atom stereocenters. The second-order valence-electron chi connectivity index (χ2n) is 6.66. The Morgan fingerprint density at radius 3 is 2.56 bits per heavy atom. The minimum atomic E-state index is -3.85. The van der Waals surface area contributed by atoms with E-state index >= 15 is 0 Å². The molecule has 4 rings (SSSR count). The fourth-order valence-corrected chi connectivity index (χ4v) is 4.68. The third-order valence-corrected chi connectivity index (χ3v) is 6.87. The number of rotatable bonds is 7. The highest BCUT2D eigenvalue weighted by Crippen LogP contribution is 2.26. The van der Waals surface area contributed by atoms with E-state index in [1.807, 2.05) is 0 Å². The lowest BCUT2D eigenvalue weighted by Gasteiger charge is -2.11. The van der Waals surface area contributed by atoms with E-state index in [9.17, 15) is 13.2 Å². The van der Waals surface area contributed by atoms with E-state index in [2.05, 4.69) is 30.0 Å². The van der Waals surface area contributed by atoms with E-state index in [1.165, 1.54) is 48.4 Å². The molecule has 12 heteroatoms. The van der Waals surface area contributed by atoms with E-state index in [0.29, 0.717) is 15.9 Å². The molecule has 1 amide bonds. The van der Waals surface area contributed by atoms with Crippen LogP contribution >= 0.6 is 23.4 Å². The maximum Gasteiger partial charge on any atom is 0.264 e. The van der Waals surface area contributed by atoms with Crippen LogP contribution in [0, 0.1) is 0 Å². The van der Waals surface area contributed by atoms with Crippen molar-refractivity contribution in [2.75, 3.05) is 10.0 Å². The zero-order valence-corrected chi connectivity index (χ0v) is 19.0. The van der Waals surface area contributed by atoms with E-state index in [-0.39, 0.29) is 16.8 Å². The number of halogens is 1. The number of thioether (sulfide) groups is 1.